The smallest absolute Gasteiger partial charge is 0.157 e. The zero-order chi connectivity index (χ0) is 47.2. The van der Waals surface area contributed by atoms with Crippen molar-refractivity contribution in [3.05, 3.63) is 236 Å². The zero-order valence-electron chi connectivity index (χ0n) is 39.1. The van der Waals surface area contributed by atoms with Crippen molar-refractivity contribution in [1.29, 1.82) is 0 Å². The highest BCUT2D eigenvalue weighted by atomic mass is 16.5. The minimum Gasteiger partial charge on any atom is -0.457 e. The van der Waals surface area contributed by atoms with E-state index >= 15 is 0 Å². The number of amidine groups is 1. The molecule has 0 bridgehead atoms. The Morgan fingerprint density at radius 3 is 1.49 bits per heavy atom. The minimum atomic E-state index is 0.637. The van der Waals surface area contributed by atoms with Gasteiger partial charge in [-0.3, -0.25) is 4.57 Å². The van der Waals surface area contributed by atoms with Gasteiger partial charge in [-0.2, -0.15) is 5.10 Å². The lowest BCUT2D eigenvalue weighted by Crippen LogP contribution is -2.27. The number of hydrazone groups is 1. The molecule has 13 aromatic rings. The van der Waals surface area contributed by atoms with E-state index in [0.717, 1.165) is 106 Å². The summed E-state index contributed by atoms with van der Waals surface area (Å²) in [4.78, 5) is 7.60. The highest BCUT2D eigenvalue weighted by Gasteiger charge is 2.25. The molecule has 0 aliphatic carbocycles. The highest BCUT2D eigenvalue weighted by molar-refractivity contribution is 6.13. The second kappa shape index (κ2) is 16.1. The summed E-state index contributed by atoms with van der Waals surface area (Å²) >= 11 is 0. The van der Waals surface area contributed by atoms with E-state index in [1.165, 1.54) is 21.5 Å². The van der Waals surface area contributed by atoms with Crippen molar-refractivity contribution in [3.8, 4) is 39.8 Å². The summed E-state index contributed by atoms with van der Waals surface area (Å²) in [6.45, 7) is 2.86. The normalized spacial score (nSPS) is 12.9. The van der Waals surface area contributed by atoms with Gasteiger partial charge in [-0.1, -0.05) is 133 Å². The first-order valence-corrected chi connectivity index (χ1v) is 24.1. The molecule has 338 valence electrons. The molecule has 4 aromatic heterocycles. The molecule has 0 saturated carbocycles. The van der Waals surface area contributed by atoms with Gasteiger partial charge in [-0.15, -0.1) is 0 Å². The molecule has 0 spiro atoms. The standard InChI is InChI=1S/C63H45N7O/c1-41-36-61(70-57-31-15-10-26-50(57)51-35-34-45(38-60(51)70)71-44-21-16-20-43(37-44)67-40-66(2)63(65-67)42-18-4-3-5-19-42)64-39-52(41)62-58(68-53-27-11-6-22-46(53)47-23-7-12-28-54(47)68)32-17-33-59(62)69-55-29-13-8-24-48(55)49-25-9-14-30-56(49)69/h3-39H,40H2,1-2H3. The van der Waals surface area contributed by atoms with Crippen molar-refractivity contribution < 1.29 is 4.74 Å². The molecule has 14 rings (SSSR count). The summed E-state index contributed by atoms with van der Waals surface area (Å²) < 4.78 is 13.9. The van der Waals surface area contributed by atoms with E-state index < -0.39 is 0 Å². The van der Waals surface area contributed by atoms with Crippen LogP contribution in [0.15, 0.2) is 230 Å². The van der Waals surface area contributed by atoms with Crippen LogP contribution in [0.25, 0.3) is 93.7 Å². The Morgan fingerprint density at radius 2 is 0.930 bits per heavy atom. The molecule has 0 saturated heterocycles. The van der Waals surface area contributed by atoms with Gasteiger partial charge in [0.15, 0.2) is 5.84 Å². The summed E-state index contributed by atoms with van der Waals surface area (Å²) in [5, 5.41) is 14.1. The molecule has 0 unspecified atom stereocenters. The maximum atomic E-state index is 6.70. The van der Waals surface area contributed by atoms with E-state index in [0.29, 0.717) is 6.67 Å². The number of para-hydroxylation sites is 5. The maximum absolute atomic E-state index is 6.70. The zero-order valence-corrected chi connectivity index (χ0v) is 39.1. The second-order valence-corrected chi connectivity index (χ2v) is 18.4. The predicted octanol–water partition coefficient (Wildman–Crippen LogP) is 15.2. The van der Waals surface area contributed by atoms with Crippen molar-refractivity contribution in [1.82, 2.24) is 23.6 Å². The quantitative estimate of drug-likeness (QED) is 0.152. The van der Waals surface area contributed by atoms with E-state index in [-0.39, 0.29) is 0 Å². The number of anilines is 1. The van der Waals surface area contributed by atoms with Crippen LogP contribution in [0, 0.1) is 6.92 Å². The van der Waals surface area contributed by atoms with Gasteiger partial charge in [0, 0.05) is 74.4 Å². The number of hydrogen-bond acceptors (Lipinski definition) is 5. The van der Waals surface area contributed by atoms with Crippen LogP contribution in [0.3, 0.4) is 0 Å². The number of nitrogens with zero attached hydrogens (tertiary/aromatic N) is 7. The Morgan fingerprint density at radius 1 is 0.437 bits per heavy atom. The van der Waals surface area contributed by atoms with Crippen LogP contribution in [-0.2, 0) is 0 Å². The fourth-order valence-electron chi connectivity index (χ4n) is 11.1. The number of aromatic nitrogens is 4. The summed E-state index contributed by atoms with van der Waals surface area (Å²) in [7, 11) is 2.07. The third-order valence-electron chi connectivity index (χ3n) is 14.2. The van der Waals surface area contributed by atoms with Crippen LogP contribution < -0.4 is 9.75 Å². The number of fused-ring (bicyclic) bond motifs is 9. The lowest BCUT2D eigenvalue weighted by atomic mass is 9.98. The van der Waals surface area contributed by atoms with Crippen molar-refractivity contribution >= 4 is 76.9 Å². The van der Waals surface area contributed by atoms with Crippen molar-refractivity contribution in [2.24, 2.45) is 5.10 Å². The molecule has 0 radical (unpaired) electrons. The van der Waals surface area contributed by atoms with E-state index in [2.05, 4.69) is 227 Å². The van der Waals surface area contributed by atoms with Crippen LogP contribution in [0.4, 0.5) is 5.69 Å². The van der Waals surface area contributed by atoms with Crippen molar-refractivity contribution in [2.45, 2.75) is 6.92 Å². The topological polar surface area (TPSA) is 55.8 Å². The van der Waals surface area contributed by atoms with Crippen LogP contribution in [0.1, 0.15) is 11.1 Å². The summed E-state index contributed by atoms with van der Waals surface area (Å²) in [5.41, 5.74) is 14.2. The Kier molecular flexibility index (Phi) is 9.22. The number of benzene rings is 9. The molecule has 0 atom stereocenters. The Bertz CT molecular complexity index is 4050. The van der Waals surface area contributed by atoms with Crippen LogP contribution in [0.5, 0.6) is 11.5 Å². The Hall–Kier alpha value is -9.40. The maximum Gasteiger partial charge on any atom is 0.157 e. The van der Waals surface area contributed by atoms with Crippen LogP contribution in [-0.4, -0.2) is 43.1 Å². The van der Waals surface area contributed by atoms with Gasteiger partial charge in [-0.25, -0.2) is 9.99 Å². The summed E-state index contributed by atoms with van der Waals surface area (Å²) in [6.07, 6.45) is 2.09. The predicted molar refractivity (Wildman–Crippen MR) is 292 cm³/mol. The molecule has 8 heteroatoms. The molecule has 71 heavy (non-hydrogen) atoms. The highest BCUT2D eigenvalue weighted by Crippen LogP contribution is 2.44. The average Bonchev–Trinajstić information content (AvgIpc) is 4.17. The summed E-state index contributed by atoms with van der Waals surface area (Å²) in [5.74, 6) is 3.22. The fraction of sp³-hybridized carbons (Fsp3) is 0.0476. The lowest BCUT2D eigenvalue weighted by Gasteiger charge is -2.21. The van der Waals surface area contributed by atoms with Gasteiger partial charge >= 0.3 is 0 Å². The van der Waals surface area contributed by atoms with E-state index in [1.807, 2.05) is 35.3 Å². The average molecular weight is 916 g/mol. The van der Waals surface area contributed by atoms with Crippen molar-refractivity contribution in [3.63, 3.8) is 0 Å². The molecule has 5 heterocycles. The Balaban J connectivity index is 0.920. The minimum absolute atomic E-state index is 0.637. The SMILES string of the molecule is Cc1cc(-n2c3ccccc3c3ccc(Oc4cccc(N5CN(C)C(c6ccccc6)=N5)c4)cc32)ncc1-c1c(-n2c3ccccc3c3ccccc32)cccc1-n1c2ccccc2c2ccccc21. The van der Waals surface area contributed by atoms with Gasteiger partial charge in [0.25, 0.3) is 0 Å². The molecular formula is C63H45N7O. The first-order chi connectivity index (χ1) is 35.1. The molecule has 8 nitrogen and oxygen atoms in total. The monoisotopic (exact) mass is 915 g/mol. The molecule has 1 aliphatic heterocycles. The lowest BCUT2D eigenvalue weighted by molar-refractivity contribution is 0.482. The number of aryl methyl sites for hydroxylation is 1. The Labute approximate surface area is 409 Å². The van der Waals surface area contributed by atoms with E-state index in [9.17, 15) is 0 Å². The van der Waals surface area contributed by atoms with Crippen molar-refractivity contribution in [2.75, 3.05) is 18.7 Å². The van der Waals surface area contributed by atoms with Gasteiger partial charge in [0.1, 0.15) is 24.0 Å². The third-order valence-corrected chi connectivity index (χ3v) is 14.2. The molecular weight excluding hydrogens is 871 g/mol. The largest absolute Gasteiger partial charge is 0.457 e. The molecule has 0 amide bonds. The third kappa shape index (κ3) is 6.45. The summed E-state index contributed by atoms with van der Waals surface area (Å²) in [6, 6.07) is 77.3. The van der Waals surface area contributed by atoms with Gasteiger partial charge < -0.3 is 18.8 Å². The number of rotatable bonds is 8. The molecule has 9 aromatic carbocycles. The fourth-order valence-corrected chi connectivity index (χ4v) is 11.1. The van der Waals surface area contributed by atoms with Gasteiger partial charge in [0.2, 0.25) is 0 Å². The van der Waals surface area contributed by atoms with Crippen LogP contribution in [0.2, 0.25) is 0 Å². The van der Waals surface area contributed by atoms with Crippen LogP contribution >= 0.6 is 0 Å². The van der Waals surface area contributed by atoms with E-state index in [1.54, 1.807) is 0 Å². The molecule has 0 N–H and O–H groups in total. The second-order valence-electron chi connectivity index (χ2n) is 18.4. The van der Waals surface area contributed by atoms with E-state index in [4.69, 9.17) is 14.8 Å². The molecule has 1 aliphatic rings. The number of hydrogen-bond donors (Lipinski definition) is 0. The van der Waals surface area contributed by atoms with Gasteiger partial charge in [-0.05, 0) is 85.3 Å². The first-order valence-electron chi connectivity index (χ1n) is 24.1. The number of pyridine rings is 1. The molecule has 0 fully saturated rings. The van der Waals surface area contributed by atoms with Gasteiger partial charge in [0.05, 0.1) is 50.2 Å². The number of ether oxygens (including phenoxy) is 1. The first kappa shape index (κ1) is 40.6.